The summed E-state index contributed by atoms with van der Waals surface area (Å²) in [5.41, 5.74) is 0. The molecule has 0 aromatic heterocycles. The lowest BCUT2D eigenvalue weighted by atomic mass is 10.1. The quantitative estimate of drug-likeness (QED) is 0.318. The van der Waals surface area contributed by atoms with Gasteiger partial charge in [-0.25, -0.2) is 0 Å². The first-order chi connectivity index (χ1) is 9.77. The predicted octanol–water partition coefficient (Wildman–Crippen LogP) is 5.88. The van der Waals surface area contributed by atoms with Gasteiger partial charge in [0.15, 0.2) is 0 Å². The zero-order valence-corrected chi connectivity index (χ0v) is 13.2. The number of unbranched alkanes of at least 4 members (excludes halogenated alkanes) is 9. The van der Waals surface area contributed by atoms with Crippen molar-refractivity contribution in [2.45, 2.75) is 84.0 Å². The van der Waals surface area contributed by atoms with E-state index in [-0.39, 0.29) is 0 Å². The number of allylic oxidation sites excluding steroid dienone is 4. The topological polar surface area (TPSA) is 37.3 Å². The molecule has 2 nitrogen and oxygen atoms in total. The molecule has 0 radical (unpaired) electrons. The maximum Gasteiger partial charge on any atom is 0.303 e. The second kappa shape index (κ2) is 16.0. The lowest BCUT2D eigenvalue weighted by molar-refractivity contribution is -0.137. The fourth-order valence-electron chi connectivity index (χ4n) is 2.11. The molecule has 0 heterocycles. The molecule has 20 heavy (non-hydrogen) atoms. The van der Waals surface area contributed by atoms with Gasteiger partial charge in [-0.1, -0.05) is 69.8 Å². The Hall–Kier alpha value is -1.05. The number of hydrogen-bond acceptors (Lipinski definition) is 1. The Bertz CT molecular complexity index is 267. The molecule has 0 saturated heterocycles. The first kappa shape index (κ1) is 18.9. The lowest BCUT2D eigenvalue weighted by Gasteiger charge is -1.97. The van der Waals surface area contributed by atoms with Gasteiger partial charge < -0.3 is 5.11 Å². The molecule has 0 atom stereocenters. The summed E-state index contributed by atoms with van der Waals surface area (Å²) in [7, 11) is 0. The molecule has 0 amide bonds. The summed E-state index contributed by atoms with van der Waals surface area (Å²) in [6, 6.07) is 0. The molecule has 1 N–H and O–H groups in total. The normalized spacial score (nSPS) is 11.7. The van der Waals surface area contributed by atoms with Crippen molar-refractivity contribution in [3.63, 3.8) is 0 Å². The minimum absolute atomic E-state index is 0.307. The van der Waals surface area contributed by atoms with Crippen LogP contribution in [0.1, 0.15) is 84.0 Å². The van der Waals surface area contributed by atoms with Crippen molar-refractivity contribution in [2.24, 2.45) is 0 Å². The number of carboxylic acids is 1. The Balaban J connectivity index is 3.21. The van der Waals surface area contributed by atoms with Gasteiger partial charge in [0, 0.05) is 6.42 Å². The van der Waals surface area contributed by atoms with E-state index >= 15 is 0 Å². The van der Waals surface area contributed by atoms with Crippen LogP contribution < -0.4 is 0 Å². The summed E-state index contributed by atoms with van der Waals surface area (Å²) < 4.78 is 0. The second-order valence-electron chi connectivity index (χ2n) is 5.41. The molecule has 0 rings (SSSR count). The average molecular weight is 280 g/mol. The van der Waals surface area contributed by atoms with Crippen molar-refractivity contribution in [1.29, 1.82) is 0 Å². The van der Waals surface area contributed by atoms with Crippen LogP contribution in [0.3, 0.4) is 0 Å². The van der Waals surface area contributed by atoms with Crippen LogP contribution in [0.15, 0.2) is 24.3 Å². The number of aliphatic carboxylic acids is 1. The van der Waals surface area contributed by atoms with Gasteiger partial charge in [0.25, 0.3) is 0 Å². The fraction of sp³-hybridized carbons (Fsp3) is 0.722. The third-order valence-corrected chi connectivity index (χ3v) is 3.37. The molecule has 0 aliphatic carbocycles. The van der Waals surface area contributed by atoms with Gasteiger partial charge in [-0.15, -0.1) is 0 Å². The molecule has 0 aliphatic heterocycles. The maximum atomic E-state index is 10.3. The van der Waals surface area contributed by atoms with E-state index < -0.39 is 5.97 Å². The Labute approximate surface area is 125 Å². The monoisotopic (exact) mass is 280 g/mol. The van der Waals surface area contributed by atoms with Crippen LogP contribution in [-0.4, -0.2) is 11.1 Å². The number of rotatable bonds is 14. The molecule has 0 bridgehead atoms. The van der Waals surface area contributed by atoms with Crippen molar-refractivity contribution < 1.29 is 9.90 Å². The highest BCUT2D eigenvalue weighted by Crippen LogP contribution is 2.07. The fourth-order valence-corrected chi connectivity index (χ4v) is 2.11. The van der Waals surface area contributed by atoms with Crippen LogP contribution in [0.4, 0.5) is 0 Å². The molecule has 0 saturated carbocycles. The minimum Gasteiger partial charge on any atom is -0.481 e. The Morgan fingerprint density at radius 3 is 1.85 bits per heavy atom. The van der Waals surface area contributed by atoms with Gasteiger partial charge in [0.2, 0.25) is 0 Å². The highest BCUT2D eigenvalue weighted by molar-refractivity contribution is 5.66. The molecular weight excluding hydrogens is 248 g/mol. The van der Waals surface area contributed by atoms with Crippen LogP contribution in [0.2, 0.25) is 0 Å². The second-order valence-corrected chi connectivity index (χ2v) is 5.41. The van der Waals surface area contributed by atoms with E-state index in [0.29, 0.717) is 6.42 Å². The standard InChI is InChI=1S/C18H32O2/c1-2-3-4-5-6-7-8-9-10-11-12-13-14-15-16-17-18(19)20/h9-12H,2-8,13-17H2,1H3,(H,19,20). The molecule has 0 aliphatic rings. The van der Waals surface area contributed by atoms with Gasteiger partial charge in [-0.3, -0.25) is 4.79 Å². The van der Waals surface area contributed by atoms with E-state index in [1.54, 1.807) is 0 Å². The molecule has 0 aromatic rings. The summed E-state index contributed by atoms with van der Waals surface area (Å²) in [5.74, 6) is -0.682. The van der Waals surface area contributed by atoms with Crippen molar-refractivity contribution in [3.8, 4) is 0 Å². The van der Waals surface area contributed by atoms with Crippen molar-refractivity contribution >= 4 is 5.97 Å². The highest BCUT2D eigenvalue weighted by atomic mass is 16.4. The van der Waals surface area contributed by atoms with Gasteiger partial charge >= 0.3 is 5.97 Å². The van der Waals surface area contributed by atoms with Crippen LogP contribution in [-0.2, 0) is 4.79 Å². The summed E-state index contributed by atoms with van der Waals surface area (Å²) in [6.07, 6.45) is 22.3. The Morgan fingerprint density at radius 2 is 1.30 bits per heavy atom. The SMILES string of the molecule is CCCCCCCCC=CC=CCCCCCC(=O)O. The average Bonchev–Trinajstić information content (AvgIpc) is 2.43. The van der Waals surface area contributed by atoms with E-state index in [1.165, 1.54) is 44.9 Å². The zero-order valence-electron chi connectivity index (χ0n) is 13.2. The minimum atomic E-state index is -0.682. The van der Waals surface area contributed by atoms with E-state index in [4.69, 9.17) is 5.11 Å². The van der Waals surface area contributed by atoms with Crippen molar-refractivity contribution in [3.05, 3.63) is 24.3 Å². The molecule has 116 valence electrons. The summed E-state index contributed by atoms with van der Waals surface area (Å²) in [4.78, 5) is 10.3. The summed E-state index contributed by atoms with van der Waals surface area (Å²) in [5, 5.41) is 8.49. The van der Waals surface area contributed by atoms with Crippen molar-refractivity contribution in [2.75, 3.05) is 0 Å². The highest BCUT2D eigenvalue weighted by Gasteiger charge is 1.94. The van der Waals surface area contributed by atoms with E-state index in [9.17, 15) is 4.79 Å². The zero-order chi connectivity index (χ0) is 14.9. The van der Waals surface area contributed by atoms with Gasteiger partial charge in [-0.05, 0) is 32.1 Å². The van der Waals surface area contributed by atoms with E-state index in [0.717, 1.165) is 25.7 Å². The number of hydrogen-bond donors (Lipinski definition) is 1. The summed E-state index contributed by atoms with van der Waals surface area (Å²) in [6.45, 7) is 2.25. The molecule has 0 aromatic carbocycles. The lowest BCUT2D eigenvalue weighted by Crippen LogP contribution is -1.93. The van der Waals surface area contributed by atoms with Crippen LogP contribution in [0.5, 0.6) is 0 Å². The first-order valence-electron chi connectivity index (χ1n) is 8.30. The smallest absolute Gasteiger partial charge is 0.303 e. The van der Waals surface area contributed by atoms with Crippen LogP contribution >= 0.6 is 0 Å². The van der Waals surface area contributed by atoms with Crippen LogP contribution in [0, 0.1) is 0 Å². The predicted molar refractivity (Wildman–Crippen MR) is 87.0 cm³/mol. The van der Waals surface area contributed by atoms with E-state index in [1.807, 2.05) is 0 Å². The Morgan fingerprint density at radius 1 is 0.800 bits per heavy atom. The van der Waals surface area contributed by atoms with Crippen molar-refractivity contribution in [1.82, 2.24) is 0 Å². The third-order valence-electron chi connectivity index (χ3n) is 3.37. The number of carboxylic acid groups (broad SMARTS) is 1. The van der Waals surface area contributed by atoms with E-state index in [2.05, 4.69) is 31.2 Å². The molecule has 0 spiro atoms. The largest absolute Gasteiger partial charge is 0.481 e. The van der Waals surface area contributed by atoms with Gasteiger partial charge in [-0.2, -0.15) is 0 Å². The number of carbonyl (C=O) groups is 1. The van der Waals surface area contributed by atoms with Gasteiger partial charge in [0.05, 0.1) is 0 Å². The Kier molecular flexibility index (Phi) is 15.2. The molecule has 2 heteroatoms. The molecule has 0 unspecified atom stereocenters. The maximum absolute atomic E-state index is 10.3. The third kappa shape index (κ3) is 16.9. The summed E-state index contributed by atoms with van der Waals surface area (Å²) >= 11 is 0. The molecule has 0 fully saturated rings. The molecular formula is C18H32O2. The van der Waals surface area contributed by atoms with Crippen LogP contribution in [0.25, 0.3) is 0 Å². The van der Waals surface area contributed by atoms with Gasteiger partial charge in [0.1, 0.15) is 0 Å². The first-order valence-corrected chi connectivity index (χ1v) is 8.30.